The van der Waals surface area contributed by atoms with Crippen LogP contribution in [0.4, 0.5) is 4.79 Å². The summed E-state index contributed by atoms with van der Waals surface area (Å²) < 4.78 is 10.7. The predicted molar refractivity (Wildman–Crippen MR) is 138 cm³/mol. The Morgan fingerprint density at radius 3 is 2.14 bits per heavy atom. The quantitative estimate of drug-likeness (QED) is 0.419. The summed E-state index contributed by atoms with van der Waals surface area (Å²) in [4.78, 5) is 52.1. The van der Waals surface area contributed by atoms with Crippen LogP contribution in [0.2, 0.25) is 0 Å². The number of likely N-dealkylation sites (N-methyl/N-ethyl adjacent to an activating group) is 1. The molecule has 9 heteroatoms. The molecule has 9 nitrogen and oxygen atoms in total. The second kappa shape index (κ2) is 14.5. The molecule has 0 heterocycles. The van der Waals surface area contributed by atoms with Crippen LogP contribution in [0.25, 0.3) is 0 Å². The number of nitrogens with one attached hydrogen (secondary N) is 2. The van der Waals surface area contributed by atoms with Crippen LogP contribution in [0.1, 0.15) is 66.9 Å². The van der Waals surface area contributed by atoms with Gasteiger partial charge in [-0.3, -0.25) is 9.59 Å². The van der Waals surface area contributed by atoms with Crippen molar-refractivity contribution in [3.05, 3.63) is 35.9 Å². The molecule has 36 heavy (non-hydrogen) atoms. The molecule has 0 spiro atoms. The van der Waals surface area contributed by atoms with Crippen molar-refractivity contribution in [2.24, 2.45) is 11.8 Å². The summed E-state index contributed by atoms with van der Waals surface area (Å²) in [5.74, 6) is -1.49. The molecule has 3 atom stereocenters. The fourth-order valence-corrected chi connectivity index (χ4v) is 3.40. The maximum absolute atomic E-state index is 13.1. The number of amides is 3. The minimum atomic E-state index is -0.857. The first-order valence-corrected chi connectivity index (χ1v) is 12.5. The summed E-state index contributed by atoms with van der Waals surface area (Å²) in [5, 5.41) is 5.34. The van der Waals surface area contributed by atoms with E-state index in [1.165, 1.54) is 11.9 Å². The number of hydrogen-bond donors (Lipinski definition) is 2. The topological polar surface area (TPSA) is 114 Å². The molecule has 0 aliphatic rings. The molecule has 2 N–H and O–H groups in total. The van der Waals surface area contributed by atoms with Gasteiger partial charge < -0.3 is 25.0 Å². The molecule has 0 aromatic heterocycles. The smallest absolute Gasteiger partial charge is 0.408 e. The van der Waals surface area contributed by atoms with Crippen LogP contribution in [0.15, 0.2) is 30.3 Å². The van der Waals surface area contributed by atoms with E-state index in [4.69, 9.17) is 9.47 Å². The summed E-state index contributed by atoms with van der Waals surface area (Å²) in [5.41, 5.74) is 0.138. The highest BCUT2D eigenvalue weighted by Crippen LogP contribution is 2.13. The van der Waals surface area contributed by atoms with Crippen molar-refractivity contribution in [3.63, 3.8) is 0 Å². The van der Waals surface area contributed by atoms with Crippen molar-refractivity contribution in [3.8, 4) is 0 Å². The fraction of sp³-hybridized carbons (Fsp3) is 0.630. The Morgan fingerprint density at radius 2 is 1.61 bits per heavy atom. The maximum atomic E-state index is 13.1. The standard InChI is InChI=1S/C27H43N3O6/c1-9-19(4)23(29-26(34)36-27(5,6)7)24(32)30(8)16-22(31)28-21(15-18(2)3)25(33)35-17-20-13-11-10-12-14-20/h10-14,18-19,21,23H,9,15-17H2,1-8H3,(H,28,31)(H,29,34). The zero-order valence-electron chi connectivity index (χ0n) is 22.9. The first-order valence-electron chi connectivity index (χ1n) is 12.5. The number of carbonyl (C=O) groups excluding carboxylic acids is 4. The van der Waals surface area contributed by atoms with Crippen LogP contribution < -0.4 is 10.6 Å². The van der Waals surface area contributed by atoms with Gasteiger partial charge in [0.05, 0.1) is 6.54 Å². The molecule has 0 saturated heterocycles. The van der Waals surface area contributed by atoms with E-state index < -0.39 is 41.6 Å². The average Bonchev–Trinajstić information content (AvgIpc) is 2.78. The van der Waals surface area contributed by atoms with Gasteiger partial charge in [-0.05, 0) is 44.6 Å². The Labute approximate surface area is 215 Å². The summed E-state index contributed by atoms with van der Waals surface area (Å²) in [6.45, 7) is 12.7. The normalized spacial score (nSPS) is 13.8. The average molecular weight is 506 g/mol. The molecule has 1 rings (SSSR count). The third-order valence-corrected chi connectivity index (χ3v) is 5.46. The molecule has 0 radical (unpaired) electrons. The number of nitrogens with zero attached hydrogens (tertiary/aromatic N) is 1. The van der Waals surface area contributed by atoms with E-state index in [-0.39, 0.29) is 25.0 Å². The zero-order valence-corrected chi connectivity index (χ0v) is 22.9. The Kier molecular flexibility index (Phi) is 12.4. The molecule has 202 valence electrons. The van der Waals surface area contributed by atoms with Crippen molar-refractivity contribution >= 4 is 23.9 Å². The van der Waals surface area contributed by atoms with E-state index in [0.717, 1.165) is 5.56 Å². The van der Waals surface area contributed by atoms with Crippen molar-refractivity contribution in [1.82, 2.24) is 15.5 Å². The molecule has 0 fully saturated rings. The molecular formula is C27H43N3O6. The van der Waals surface area contributed by atoms with Gasteiger partial charge in [0, 0.05) is 7.05 Å². The van der Waals surface area contributed by atoms with E-state index in [2.05, 4.69) is 10.6 Å². The molecule has 1 aromatic rings. The lowest BCUT2D eigenvalue weighted by Crippen LogP contribution is -2.54. The summed E-state index contributed by atoms with van der Waals surface area (Å²) in [7, 11) is 1.49. The lowest BCUT2D eigenvalue weighted by atomic mass is 9.98. The van der Waals surface area contributed by atoms with Crippen molar-refractivity contribution < 1.29 is 28.7 Å². The summed E-state index contributed by atoms with van der Waals surface area (Å²) in [6, 6.07) is 7.59. The number of esters is 1. The molecule has 0 saturated carbocycles. The monoisotopic (exact) mass is 505 g/mol. The highest BCUT2D eigenvalue weighted by Gasteiger charge is 2.32. The number of carbonyl (C=O) groups is 4. The highest BCUT2D eigenvalue weighted by atomic mass is 16.6. The first kappa shape index (κ1) is 30.9. The van der Waals surface area contributed by atoms with E-state index in [1.807, 2.05) is 58.0 Å². The molecule has 0 aliphatic carbocycles. The zero-order chi connectivity index (χ0) is 27.5. The molecule has 0 bridgehead atoms. The Bertz CT molecular complexity index is 866. The Morgan fingerprint density at radius 1 is 1.00 bits per heavy atom. The predicted octanol–water partition coefficient (Wildman–Crippen LogP) is 3.66. The second-order valence-electron chi connectivity index (χ2n) is 10.5. The second-order valence-corrected chi connectivity index (χ2v) is 10.5. The molecule has 0 aliphatic heterocycles. The van der Waals surface area contributed by atoms with Gasteiger partial charge in [0.1, 0.15) is 24.3 Å². The number of ether oxygens (including phenoxy) is 2. The van der Waals surface area contributed by atoms with Gasteiger partial charge in [0.25, 0.3) is 0 Å². The first-order chi connectivity index (χ1) is 16.7. The molecule has 3 amide bonds. The van der Waals surface area contributed by atoms with Crippen LogP contribution >= 0.6 is 0 Å². The van der Waals surface area contributed by atoms with E-state index in [0.29, 0.717) is 12.8 Å². The fourth-order valence-electron chi connectivity index (χ4n) is 3.40. The van der Waals surface area contributed by atoms with Gasteiger partial charge in [0.15, 0.2) is 0 Å². The summed E-state index contributed by atoms with van der Waals surface area (Å²) in [6.07, 6.45) is 0.333. The number of hydrogen-bond acceptors (Lipinski definition) is 6. The van der Waals surface area contributed by atoms with E-state index in [1.54, 1.807) is 20.8 Å². The third-order valence-electron chi connectivity index (χ3n) is 5.46. The van der Waals surface area contributed by atoms with Crippen LogP contribution in [0.3, 0.4) is 0 Å². The molecular weight excluding hydrogens is 462 g/mol. The lowest BCUT2D eigenvalue weighted by Gasteiger charge is -2.29. The van der Waals surface area contributed by atoms with Crippen LogP contribution in [0, 0.1) is 11.8 Å². The maximum Gasteiger partial charge on any atom is 0.408 e. The highest BCUT2D eigenvalue weighted by molar-refractivity contribution is 5.91. The van der Waals surface area contributed by atoms with E-state index in [9.17, 15) is 19.2 Å². The van der Waals surface area contributed by atoms with Gasteiger partial charge in [0.2, 0.25) is 11.8 Å². The van der Waals surface area contributed by atoms with Crippen molar-refractivity contribution in [2.75, 3.05) is 13.6 Å². The van der Waals surface area contributed by atoms with Crippen LogP contribution in [0.5, 0.6) is 0 Å². The van der Waals surface area contributed by atoms with Gasteiger partial charge in [-0.1, -0.05) is 64.4 Å². The SMILES string of the molecule is CCC(C)C(NC(=O)OC(C)(C)C)C(=O)N(C)CC(=O)NC(CC(C)C)C(=O)OCc1ccccc1. The lowest BCUT2D eigenvalue weighted by molar-refractivity contribution is -0.150. The minimum absolute atomic E-state index is 0.107. The van der Waals surface area contributed by atoms with Gasteiger partial charge in [-0.25, -0.2) is 9.59 Å². The number of alkyl carbamates (subject to hydrolysis) is 1. The Balaban J connectivity index is 2.80. The molecule has 3 unspecified atom stereocenters. The third kappa shape index (κ3) is 11.6. The van der Waals surface area contributed by atoms with Crippen LogP contribution in [-0.4, -0.2) is 60.1 Å². The molecule has 1 aromatic carbocycles. The number of rotatable bonds is 12. The number of benzene rings is 1. The van der Waals surface area contributed by atoms with E-state index >= 15 is 0 Å². The van der Waals surface area contributed by atoms with Gasteiger partial charge in [-0.2, -0.15) is 0 Å². The van der Waals surface area contributed by atoms with Gasteiger partial charge in [-0.15, -0.1) is 0 Å². The van der Waals surface area contributed by atoms with Gasteiger partial charge >= 0.3 is 12.1 Å². The largest absolute Gasteiger partial charge is 0.459 e. The minimum Gasteiger partial charge on any atom is -0.459 e. The Hall–Kier alpha value is -3.10. The summed E-state index contributed by atoms with van der Waals surface area (Å²) >= 11 is 0. The van der Waals surface area contributed by atoms with Crippen molar-refractivity contribution in [1.29, 1.82) is 0 Å². The van der Waals surface area contributed by atoms with Crippen molar-refractivity contribution in [2.45, 2.75) is 85.6 Å². The van der Waals surface area contributed by atoms with Crippen LogP contribution in [-0.2, 0) is 30.5 Å².